The van der Waals surface area contributed by atoms with E-state index in [1.165, 1.54) is 0 Å². The summed E-state index contributed by atoms with van der Waals surface area (Å²) in [6, 6.07) is 9.54. The topological polar surface area (TPSA) is 43.8 Å². The van der Waals surface area contributed by atoms with Gasteiger partial charge in [0.25, 0.3) is 0 Å². The van der Waals surface area contributed by atoms with Crippen LogP contribution in [0.1, 0.15) is 25.8 Å². The maximum Gasteiger partial charge on any atom is 0.315 e. The van der Waals surface area contributed by atoms with Crippen LogP contribution in [0.3, 0.4) is 0 Å². The average molecular weight is 292 g/mol. The van der Waals surface area contributed by atoms with Gasteiger partial charge >= 0.3 is 5.97 Å². The van der Waals surface area contributed by atoms with Crippen molar-refractivity contribution in [1.82, 2.24) is 9.80 Å². The molecule has 1 rings (SSSR count). The van der Waals surface area contributed by atoms with Gasteiger partial charge in [-0.1, -0.05) is 37.3 Å². The van der Waals surface area contributed by atoms with Crippen molar-refractivity contribution in [2.75, 3.05) is 40.3 Å². The van der Waals surface area contributed by atoms with Crippen LogP contribution in [0.15, 0.2) is 30.3 Å². The summed E-state index contributed by atoms with van der Waals surface area (Å²) in [6.45, 7) is 7.23. The Labute approximate surface area is 128 Å². The van der Waals surface area contributed by atoms with Gasteiger partial charge in [0.1, 0.15) is 5.41 Å². The lowest BCUT2D eigenvalue weighted by Crippen LogP contribution is -2.46. The Bertz CT molecular complexity index is 434. The Morgan fingerprint density at radius 1 is 1.14 bits per heavy atom. The quantitative estimate of drug-likeness (QED) is 0.758. The number of nitrogens with zero attached hydrogens (tertiary/aromatic N) is 2. The highest BCUT2D eigenvalue weighted by molar-refractivity contribution is 5.81. The molecule has 1 aromatic rings. The number of carbonyl (C=O) groups is 1. The smallest absolute Gasteiger partial charge is 0.315 e. The molecule has 0 fully saturated rings. The summed E-state index contributed by atoms with van der Waals surface area (Å²) in [5.41, 5.74) is -0.00797. The summed E-state index contributed by atoms with van der Waals surface area (Å²) in [5.74, 6) is -0.764. The molecular formula is C17H28N2O2. The molecule has 0 saturated carbocycles. The molecule has 0 aliphatic rings. The molecule has 0 saturated heterocycles. The molecular weight excluding hydrogens is 264 g/mol. The number of carboxylic acid groups (broad SMARTS) is 1. The molecule has 0 bridgehead atoms. The minimum absolute atomic E-state index is 0.536. The van der Waals surface area contributed by atoms with Gasteiger partial charge < -0.3 is 14.9 Å². The minimum atomic E-state index is -0.872. The predicted molar refractivity (Wildman–Crippen MR) is 86.7 cm³/mol. The van der Waals surface area contributed by atoms with E-state index in [1.54, 1.807) is 0 Å². The highest BCUT2D eigenvalue weighted by Gasteiger charge is 2.36. The van der Waals surface area contributed by atoms with Gasteiger partial charge in [0.15, 0.2) is 0 Å². The van der Waals surface area contributed by atoms with Crippen molar-refractivity contribution < 1.29 is 9.90 Å². The van der Waals surface area contributed by atoms with Crippen molar-refractivity contribution in [3.63, 3.8) is 0 Å². The van der Waals surface area contributed by atoms with E-state index in [0.29, 0.717) is 6.54 Å². The molecule has 0 aliphatic carbocycles. The van der Waals surface area contributed by atoms with Gasteiger partial charge in [0, 0.05) is 19.6 Å². The third-order valence-corrected chi connectivity index (χ3v) is 3.83. The lowest BCUT2D eigenvalue weighted by Gasteiger charge is -2.33. The number of hydrogen-bond donors (Lipinski definition) is 1. The van der Waals surface area contributed by atoms with Crippen molar-refractivity contribution in [1.29, 1.82) is 0 Å². The standard InChI is InChI=1S/C17H28N2O2/c1-5-11-19(13-12-18(3)4)14-17(2,16(20)21)15-9-7-6-8-10-15/h6-10H,5,11-14H2,1-4H3,(H,20,21). The fourth-order valence-corrected chi connectivity index (χ4v) is 2.46. The van der Waals surface area contributed by atoms with E-state index in [4.69, 9.17) is 0 Å². The summed E-state index contributed by atoms with van der Waals surface area (Å²) in [5, 5.41) is 9.74. The van der Waals surface area contributed by atoms with Crippen LogP contribution < -0.4 is 0 Å². The molecule has 4 nitrogen and oxygen atoms in total. The first kappa shape index (κ1) is 17.7. The number of rotatable bonds is 9. The Kier molecular flexibility index (Phi) is 6.85. The molecule has 118 valence electrons. The Balaban J connectivity index is 2.91. The lowest BCUT2D eigenvalue weighted by atomic mass is 9.82. The van der Waals surface area contributed by atoms with Crippen molar-refractivity contribution in [3.05, 3.63) is 35.9 Å². The number of likely N-dealkylation sites (N-methyl/N-ethyl adjacent to an activating group) is 1. The monoisotopic (exact) mass is 292 g/mol. The van der Waals surface area contributed by atoms with Crippen LogP contribution in [0.5, 0.6) is 0 Å². The van der Waals surface area contributed by atoms with E-state index < -0.39 is 11.4 Å². The summed E-state index contributed by atoms with van der Waals surface area (Å²) >= 11 is 0. The molecule has 1 atom stereocenters. The van der Waals surface area contributed by atoms with Gasteiger partial charge in [-0.2, -0.15) is 0 Å². The number of aliphatic carboxylic acids is 1. The van der Waals surface area contributed by atoms with E-state index in [0.717, 1.165) is 31.6 Å². The van der Waals surface area contributed by atoms with Gasteiger partial charge in [-0.15, -0.1) is 0 Å². The number of benzene rings is 1. The van der Waals surface area contributed by atoms with Crippen LogP contribution in [0.4, 0.5) is 0 Å². The number of carboxylic acids is 1. The predicted octanol–water partition coefficient (Wildman–Crippen LogP) is 2.30. The first-order chi connectivity index (χ1) is 9.90. The molecule has 0 radical (unpaired) electrons. The second-order valence-corrected chi connectivity index (χ2v) is 6.08. The van der Waals surface area contributed by atoms with Crippen LogP contribution in [0, 0.1) is 0 Å². The fourth-order valence-electron chi connectivity index (χ4n) is 2.46. The van der Waals surface area contributed by atoms with E-state index in [2.05, 4.69) is 16.7 Å². The normalized spacial score (nSPS) is 14.4. The Hall–Kier alpha value is -1.39. The molecule has 0 aromatic heterocycles. The summed E-state index contributed by atoms with van der Waals surface area (Å²) < 4.78 is 0. The van der Waals surface area contributed by atoms with Crippen molar-refractivity contribution in [2.24, 2.45) is 0 Å². The maximum absolute atomic E-state index is 11.9. The zero-order valence-electron chi connectivity index (χ0n) is 13.7. The van der Waals surface area contributed by atoms with E-state index in [-0.39, 0.29) is 0 Å². The second-order valence-electron chi connectivity index (χ2n) is 6.08. The molecule has 0 aliphatic heterocycles. The lowest BCUT2D eigenvalue weighted by molar-refractivity contribution is -0.144. The van der Waals surface area contributed by atoms with Gasteiger partial charge in [-0.05, 0) is 39.5 Å². The SMILES string of the molecule is CCCN(CCN(C)C)CC(C)(C(=O)O)c1ccccc1. The van der Waals surface area contributed by atoms with Gasteiger partial charge in [-0.25, -0.2) is 0 Å². The van der Waals surface area contributed by atoms with Crippen molar-refractivity contribution in [2.45, 2.75) is 25.7 Å². The largest absolute Gasteiger partial charge is 0.481 e. The molecule has 0 amide bonds. The number of hydrogen-bond acceptors (Lipinski definition) is 3. The third kappa shape index (κ3) is 5.14. The maximum atomic E-state index is 11.9. The zero-order chi connectivity index (χ0) is 15.9. The summed E-state index contributed by atoms with van der Waals surface area (Å²) in [7, 11) is 4.08. The van der Waals surface area contributed by atoms with Crippen LogP contribution in [-0.2, 0) is 10.2 Å². The highest BCUT2D eigenvalue weighted by atomic mass is 16.4. The second kappa shape index (κ2) is 8.15. The summed E-state index contributed by atoms with van der Waals surface area (Å²) in [6.07, 6.45) is 1.03. The third-order valence-electron chi connectivity index (χ3n) is 3.83. The van der Waals surface area contributed by atoms with E-state index in [9.17, 15) is 9.90 Å². The summed E-state index contributed by atoms with van der Waals surface area (Å²) in [4.78, 5) is 16.2. The van der Waals surface area contributed by atoms with Crippen molar-refractivity contribution >= 4 is 5.97 Å². The van der Waals surface area contributed by atoms with E-state index in [1.807, 2.05) is 51.4 Å². The molecule has 1 N–H and O–H groups in total. The van der Waals surface area contributed by atoms with Gasteiger partial charge in [-0.3, -0.25) is 4.79 Å². The Morgan fingerprint density at radius 3 is 2.24 bits per heavy atom. The zero-order valence-corrected chi connectivity index (χ0v) is 13.7. The van der Waals surface area contributed by atoms with Gasteiger partial charge in [0.2, 0.25) is 0 Å². The fraction of sp³-hybridized carbons (Fsp3) is 0.588. The molecule has 0 spiro atoms. The van der Waals surface area contributed by atoms with Crippen molar-refractivity contribution in [3.8, 4) is 0 Å². The molecule has 1 unspecified atom stereocenters. The first-order valence-corrected chi connectivity index (χ1v) is 7.56. The average Bonchev–Trinajstić information content (AvgIpc) is 2.45. The van der Waals surface area contributed by atoms with E-state index >= 15 is 0 Å². The van der Waals surface area contributed by atoms with Gasteiger partial charge in [0.05, 0.1) is 0 Å². The van der Waals surface area contributed by atoms with Crippen LogP contribution in [0.25, 0.3) is 0 Å². The highest BCUT2D eigenvalue weighted by Crippen LogP contribution is 2.25. The molecule has 1 aromatic carbocycles. The first-order valence-electron chi connectivity index (χ1n) is 7.56. The molecule has 4 heteroatoms. The Morgan fingerprint density at radius 2 is 1.76 bits per heavy atom. The molecule has 21 heavy (non-hydrogen) atoms. The van der Waals surface area contributed by atoms with Crippen LogP contribution in [-0.4, -0.2) is 61.2 Å². The van der Waals surface area contributed by atoms with Crippen LogP contribution in [0.2, 0.25) is 0 Å². The van der Waals surface area contributed by atoms with Crippen LogP contribution >= 0.6 is 0 Å². The molecule has 0 heterocycles. The minimum Gasteiger partial charge on any atom is -0.481 e.